The summed E-state index contributed by atoms with van der Waals surface area (Å²) in [6.45, 7) is 0. The van der Waals surface area contributed by atoms with Gasteiger partial charge in [-0.1, -0.05) is 12.8 Å². The summed E-state index contributed by atoms with van der Waals surface area (Å²) in [5.74, 6) is 0.469. The Morgan fingerprint density at radius 2 is 2.00 bits per heavy atom. The molecular formula is C16H19NO3. The summed E-state index contributed by atoms with van der Waals surface area (Å²) in [6.07, 6.45) is 3.95. The van der Waals surface area contributed by atoms with Gasteiger partial charge in [-0.3, -0.25) is 4.79 Å². The van der Waals surface area contributed by atoms with Crippen LogP contribution < -0.4 is 9.47 Å². The first-order chi connectivity index (χ1) is 9.71. The molecule has 106 valence electrons. The molecule has 0 amide bonds. The van der Waals surface area contributed by atoms with Gasteiger partial charge in [0.2, 0.25) is 0 Å². The van der Waals surface area contributed by atoms with E-state index in [9.17, 15) is 10.1 Å². The second-order valence-corrected chi connectivity index (χ2v) is 5.05. The highest BCUT2D eigenvalue weighted by Crippen LogP contribution is 2.35. The van der Waals surface area contributed by atoms with Crippen LogP contribution in [0.3, 0.4) is 0 Å². The Balaban J connectivity index is 2.31. The van der Waals surface area contributed by atoms with Crippen LogP contribution in [0, 0.1) is 17.2 Å². The Morgan fingerprint density at radius 1 is 1.30 bits per heavy atom. The van der Waals surface area contributed by atoms with Gasteiger partial charge in [-0.05, 0) is 25.0 Å². The number of methoxy groups -OCH3 is 2. The number of carbonyl (C=O) groups is 1. The molecule has 4 heteroatoms. The van der Waals surface area contributed by atoms with Crippen molar-refractivity contribution < 1.29 is 14.3 Å². The van der Waals surface area contributed by atoms with Gasteiger partial charge in [-0.2, -0.15) is 5.26 Å². The largest absolute Gasteiger partial charge is 0.497 e. The van der Waals surface area contributed by atoms with E-state index in [0.29, 0.717) is 17.1 Å². The number of benzene rings is 1. The number of hydrogen-bond donors (Lipinski definition) is 0. The fourth-order valence-corrected chi connectivity index (χ4v) is 2.79. The van der Waals surface area contributed by atoms with Crippen LogP contribution in [0.1, 0.15) is 37.2 Å². The van der Waals surface area contributed by atoms with Gasteiger partial charge in [0, 0.05) is 17.5 Å². The molecule has 0 bridgehead atoms. The molecule has 0 aliphatic heterocycles. The van der Waals surface area contributed by atoms with Crippen LogP contribution in [0.25, 0.3) is 0 Å². The average Bonchev–Trinajstić information content (AvgIpc) is 3.02. The van der Waals surface area contributed by atoms with E-state index in [0.717, 1.165) is 25.7 Å². The third-order valence-corrected chi connectivity index (χ3v) is 3.92. The molecule has 0 N–H and O–H groups in total. The predicted molar refractivity (Wildman–Crippen MR) is 74.9 cm³/mol. The third kappa shape index (κ3) is 2.77. The summed E-state index contributed by atoms with van der Waals surface area (Å²) in [5, 5.41) is 9.40. The zero-order chi connectivity index (χ0) is 14.5. The number of ketones is 1. The highest BCUT2D eigenvalue weighted by atomic mass is 16.5. The fraction of sp³-hybridized carbons (Fsp3) is 0.500. The van der Waals surface area contributed by atoms with Crippen LogP contribution in [0.4, 0.5) is 0 Å². The molecule has 0 saturated heterocycles. The van der Waals surface area contributed by atoms with E-state index < -0.39 is 5.92 Å². The molecule has 1 aliphatic rings. The number of Topliss-reactive ketones (excluding diaryl/α,β-unsaturated/α-hetero) is 1. The maximum absolute atomic E-state index is 12.5. The van der Waals surface area contributed by atoms with Crippen molar-refractivity contribution in [2.75, 3.05) is 14.2 Å². The maximum Gasteiger partial charge on any atom is 0.157 e. The van der Waals surface area contributed by atoms with Gasteiger partial charge in [0.1, 0.15) is 17.4 Å². The Morgan fingerprint density at radius 3 is 2.55 bits per heavy atom. The Bertz CT molecular complexity index is 527. The first kappa shape index (κ1) is 14.4. The molecule has 4 nitrogen and oxygen atoms in total. The lowest BCUT2D eigenvalue weighted by molar-refractivity contribution is -0.123. The molecular weight excluding hydrogens is 254 g/mol. The van der Waals surface area contributed by atoms with Crippen molar-refractivity contribution in [2.45, 2.75) is 31.6 Å². The molecule has 0 aromatic heterocycles. The molecule has 0 radical (unpaired) electrons. The predicted octanol–water partition coefficient (Wildman–Crippen LogP) is 3.07. The van der Waals surface area contributed by atoms with Crippen LogP contribution in [0.5, 0.6) is 11.5 Å². The number of nitrogens with zero attached hydrogens (tertiary/aromatic N) is 1. The topological polar surface area (TPSA) is 59.3 Å². The minimum absolute atomic E-state index is 0.0199. The second kappa shape index (κ2) is 6.42. The first-order valence-electron chi connectivity index (χ1n) is 6.86. The number of carbonyl (C=O) groups excluding carboxylic acids is 1. The third-order valence-electron chi connectivity index (χ3n) is 3.92. The highest BCUT2D eigenvalue weighted by Gasteiger charge is 2.32. The molecule has 1 aromatic rings. The molecule has 1 saturated carbocycles. The van der Waals surface area contributed by atoms with E-state index >= 15 is 0 Å². The molecule has 0 heterocycles. The fourth-order valence-electron chi connectivity index (χ4n) is 2.79. The monoisotopic (exact) mass is 273 g/mol. The second-order valence-electron chi connectivity index (χ2n) is 5.05. The van der Waals surface area contributed by atoms with Crippen LogP contribution >= 0.6 is 0 Å². The van der Waals surface area contributed by atoms with E-state index in [2.05, 4.69) is 6.07 Å². The summed E-state index contributed by atoms with van der Waals surface area (Å²) in [5.41, 5.74) is 0.632. The standard InChI is InChI=1S/C16H19NO3/c1-19-12-7-8-13(15(9-12)20-2)14(10-17)16(18)11-5-3-4-6-11/h7-9,11,14H,3-6H2,1-2H3. The lowest BCUT2D eigenvalue weighted by Gasteiger charge is -2.16. The van der Waals surface area contributed by atoms with Crippen molar-refractivity contribution in [2.24, 2.45) is 5.92 Å². The van der Waals surface area contributed by atoms with Crippen LogP contribution in [-0.2, 0) is 4.79 Å². The molecule has 0 spiro atoms. The maximum atomic E-state index is 12.5. The van der Waals surface area contributed by atoms with E-state index in [4.69, 9.17) is 9.47 Å². The minimum atomic E-state index is -0.751. The molecule has 20 heavy (non-hydrogen) atoms. The SMILES string of the molecule is COc1ccc(C(C#N)C(=O)C2CCCC2)c(OC)c1. The van der Waals surface area contributed by atoms with E-state index in [-0.39, 0.29) is 11.7 Å². The number of ether oxygens (including phenoxy) is 2. The normalized spacial score (nSPS) is 16.4. The quantitative estimate of drug-likeness (QED) is 0.827. The Labute approximate surface area is 119 Å². The van der Waals surface area contributed by atoms with E-state index in [1.807, 2.05) is 0 Å². The van der Waals surface area contributed by atoms with Crippen molar-refractivity contribution >= 4 is 5.78 Å². The number of nitriles is 1. The molecule has 1 aliphatic carbocycles. The Hall–Kier alpha value is -2.02. The molecule has 2 rings (SSSR count). The summed E-state index contributed by atoms with van der Waals surface area (Å²) >= 11 is 0. The van der Waals surface area contributed by atoms with Gasteiger partial charge in [0.05, 0.1) is 20.3 Å². The van der Waals surface area contributed by atoms with Crippen LogP contribution in [-0.4, -0.2) is 20.0 Å². The zero-order valence-corrected chi connectivity index (χ0v) is 11.9. The smallest absolute Gasteiger partial charge is 0.157 e. The van der Waals surface area contributed by atoms with Gasteiger partial charge in [-0.25, -0.2) is 0 Å². The summed E-state index contributed by atoms with van der Waals surface area (Å²) in [6, 6.07) is 7.35. The van der Waals surface area contributed by atoms with E-state index in [1.54, 1.807) is 25.3 Å². The van der Waals surface area contributed by atoms with Gasteiger partial charge in [-0.15, -0.1) is 0 Å². The lowest BCUT2D eigenvalue weighted by atomic mass is 9.87. The number of rotatable bonds is 5. The van der Waals surface area contributed by atoms with E-state index in [1.165, 1.54) is 7.11 Å². The van der Waals surface area contributed by atoms with Crippen molar-refractivity contribution in [1.82, 2.24) is 0 Å². The molecule has 1 aromatic carbocycles. The van der Waals surface area contributed by atoms with Gasteiger partial charge in [0.15, 0.2) is 5.78 Å². The highest BCUT2D eigenvalue weighted by molar-refractivity contribution is 5.91. The van der Waals surface area contributed by atoms with Crippen LogP contribution in [0.15, 0.2) is 18.2 Å². The molecule has 1 unspecified atom stereocenters. The molecule has 1 fully saturated rings. The lowest BCUT2D eigenvalue weighted by Crippen LogP contribution is -2.19. The summed E-state index contributed by atoms with van der Waals surface area (Å²) in [7, 11) is 3.10. The summed E-state index contributed by atoms with van der Waals surface area (Å²) < 4.78 is 10.4. The average molecular weight is 273 g/mol. The number of hydrogen-bond acceptors (Lipinski definition) is 4. The zero-order valence-electron chi connectivity index (χ0n) is 11.9. The molecule has 1 atom stereocenters. The Kier molecular flexibility index (Phi) is 4.62. The van der Waals surface area contributed by atoms with Crippen molar-refractivity contribution in [3.63, 3.8) is 0 Å². The van der Waals surface area contributed by atoms with Crippen molar-refractivity contribution in [1.29, 1.82) is 5.26 Å². The summed E-state index contributed by atoms with van der Waals surface area (Å²) in [4.78, 5) is 12.5. The van der Waals surface area contributed by atoms with Crippen LogP contribution in [0.2, 0.25) is 0 Å². The van der Waals surface area contributed by atoms with Gasteiger partial charge >= 0.3 is 0 Å². The van der Waals surface area contributed by atoms with Crippen molar-refractivity contribution in [3.8, 4) is 17.6 Å². The van der Waals surface area contributed by atoms with Gasteiger partial charge < -0.3 is 9.47 Å². The van der Waals surface area contributed by atoms with Gasteiger partial charge in [0.25, 0.3) is 0 Å². The van der Waals surface area contributed by atoms with Crippen molar-refractivity contribution in [3.05, 3.63) is 23.8 Å². The first-order valence-corrected chi connectivity index (χ1v) is 6.86. The minimum Gasteiger partial charge on any atom is -0.497 e.